The van der Waals surface area contributed by atoms with Gasteiger partial charge in [-0.25, -0.2) is 5.48 Å². The van der Waals surface area contributed by atoms with Crippen LogP contribution >= 0.6 is 11.6 Å². The number of hydrogen-bond acceptors (Lipinski definition) is 4. The summed E-state index contributed by atoms with van der Waals surface area (Å²) in [5, 5.41) is 11.0. The zero-order chi connectivity index (χ0) is 20.4. The van der Waals surface area contributed by atoms with Gasteiger partial charge in [-0.05, 0) is 36.1 Å². The van der Waals surface area contributed by atoms with E-state index in [0.717, 1.165) is 40.4 Å². The third-order valence-electron chi connectivity index (χ3n) is 5.53. The highest BCUT2D eigenvalue weighted by molar-refractivity contribution is 6.34. The van der Waals surface area contributed by atoms with Crippen LogP contribution in [0, 0.1) is 0 Å². The quantitative estimate of drug-likeness (QED) is 0.386. The van der Waals surface area contributed by atoms with Gasteiger partial charge >= 0.3 is 0 Å². The maximum absolute atomic E-state index is 12.5. The Morgan fingerprint density at radius 1 is 1.24 bits per heavy atom. The highest BCUT2D eigenvalue weighted by atomic mass is 35.5. The van der Waals surface area contributed by atoms with Gasteiger partial charge in [0.2, 0.25) is 0 Å². The van der Waals surface area contributed by atoms with Crippen molar-refractivity contribution in [1.29, 1.82) is 0 Å². The molecule has 1 heterocycles. The average Bonchev–Trinajstić information content (AvgIpc) is 3.44. The minimum atomic E-state index is -0.338. The first-order valence-electron chi connectivity index (χ1n) is 9.51. The van der Waals surface area contributed by atoms with Crippen LogP contribution in [-0.2, 0) is 15.0 Å². The van der Waals surface area contributed by atoms with Gasteiger partial charge in [-0.3, -0.25) is 9.63 Å². The SMILES string of the molecule is COCCONC(=O)c1c[nH]c2cc(Cl)c(-c3ccc(C4(CO)CC4)cc3)cc12. The van der Waals surface area contributed by atoms with Gasteiger partial charge in [0.15, 0.2) is 0 Å². The van der Waals surface area contributed by atoms with Gasteiger partial charge in [-0.15, -0.1) is 0 Å². The van der Waals surface area contributed by atoms with E-state index in [1.165, 1.54) is 0 Å². The number of aromatic nitrogens is 1. The van der Waals surface area contributed by atoms with E-state index in [1.807, 2.05) is 36.4 Å². The summed E-state index contributed by atoms with van der Waals surface area (Å²) in [4.78, 5) is 20.7. The standard InChI is InChI=1S/C22H23ClN2O4/c1-28-8-9-29-25-21(27)18-12-24-20-11-19(23)16(10-17(18)20)14-2-4-15(5-3-14)22(13-26)6-7-22/h2-5,10-12,24,26H,6-9,13H2,1H3,(H,25,27). The lowest BCUT2D eigenvalue weighted by atomic mass is 9.94. The Kier molecular flexibility index (Phi) is 5.61. The number of aliphatic hydroxyl groups excluding tert-OH is 1. The van der Waals surface area contributed by atoms with Crippen molar-refractivity contribution in [2.24, 2.45) is 0 Å². The number of carbonyl (C=O) groups is 1. The van der Waals surface area contributed by atoms with Crippen LogP contribution in [0.25, 0.3) is 22.0 Å². The van der Waals surface area contributed by atoms with Crippen molar-refractivity contribution in [3.63, 3.8) is 0 Å². The fraction of sp³-hybridized carbons (Fsp3) is 0.318. The molecule has 1 fully saturated rings. The number of hydroxylamine groups is 1. The molecule has 1 aliphatic rings. The van der Waals surface area contributed by atoms with Crippen LogP contribution < -0.4 is 5.48 Å². The molecule has 1 aromatic heterocycles. The van der Waals surface area contributed by atoms with E-state index in [4.69, 9.17) is 21.2 Å². The summed E-state index contributed by atoms with van der Waals surface area (Å²) in [6.45, 7) is 0.832. The Bertz CT molecular complexity index is 1030. The maximum Gasteiger partial charge on any atom is 0.277 e. The van der Waals surface area contributed by atoms with Crippen LogP contribution in [0.15, 0.2) is 42.6 Å². The van der Waals surface area contributed by atoms with Crippen molar-refractivity contribution in [1.82, 2.24) is 10.5 Å². The van der Waals surface area contributed by atoms with Crippen molar-refractivity contribution in [2.45, 2.75) is 18.3 Å². The number of methoxy groups -OCH3 is 1. The molecular weight excluding hydrogens is 392 g/mol. The molecule has 0 atom stereocenters. The third kappa shape index (κ3) is 3.89. The van der Waals surface area contributed by atoms with Gasteiger partial charge in [0.25, 0.3) is 5.91 Å². The summed E-state index contributed by atoms with van der Waals surface area (Å²) in [5.74, 6) is -0.338. The van der Waals surface area contributed by atoms with Crippen molar-refractivity contribution in [3.05, 3.63) is 58.7 Å². The molecule has 152 valence electrons. The topological polar surface area (TPSA) is 83.6 Å². The zero-order valence-corrected chi connectivity index (χ0v) is 16.9. The smallest absolute Gasteiger partial charge is 0.277 e. The van der Waals surface area contributed by atoms with Crippen LogP contribution in [0.5, 0.6) is 0 Å². The monoisotopic (exact) mass is 414 g/mol. The molecule has 0 spiro atoms. The summed E-state index contributed by atoms with van der Waals surface area (Å²) in [7, 11) is 1.57. The highest BCUT2D eigenvalue weighted by Crippen LogP contribution is 2.48. The normalized spacial score (nSPS) is 14.9. The van der Waals surface area contributed by atoms with Gasteiger partial charge < -0.3 is 14.8 Å². The molecule has 3 N–H and O–H groups in total. The number of nitrogens with one attached hydrogen (secondary N) is 2. The summed E-state index contributed by atoms with van der Waals surface area (Å²) < 4.78 is 4.89. The lowest BCUT2D eigenvalue weighted by Crippen LogP contribution is -2.25. The number of ether oxygens (including phenoxy) is 1. The van der Waals surface area contributed by atoms with Crippen molar-refractivity contribution in [3.8, 4) is 11.1 Å². The number of fused-ring (bicyclic) bond motifs is 1. The number of halogens is 1. The summed E-state index contributed by atoms with van der Waals surface area (Å²) >= 11 is 6.52. The molecule has 1 aliphatic carbocycles. The number of benzene rings is 2. The predicted molar refractivity (Wildman–Crippen MR) is 112 cm³/mol. The summed E-state index contributed by atoms with van der Waals surface area (Å²) in [5.41, 5.74) is 6.56. The van der Waals surface area contributed by atoms with Gasteiger partial charge in [0.05, 0.1) is 30.4 Å². The van der Waals surface area contributed by atoms with Crippen LogP contribution in [-0.4, -0.2) is 42.9 Å². The Labute approximate surface area is 173 Å². The minimum absolute atomic E-state index is 0.0685. The van der Waals surface area contributed by atoms with E-state index >= 15 is 0 Å². The van der Waals surface area contributed by atoms with Gasteiger partial charge in [0.1, 0.15) is 0 Å². The maximum atomic E-state index is 12.5. The number of carbonyl (C=O) groups excluding carboxylic acids is 1. The van der Waals surface area contributed by atoms with Crippen molar-refractivity contribution >= 4 is 28.4 Å². The fourth-order valence-corrected chi connectivity index (χ4v) is 3.81. The van der Waals surface area contributed by atoms with Crippen molar-refractivity contribution in [2.75, 3.05) is 26.9 Å². The first-order chi connectivity index (χ1) is 14.1. The lowest BCUT2D eigenvalue weighted by Gasteiger charge is -2.13. The molecule has 7 heteroatoms. The van der Waals surface area contributed by atoms with Gasteiger partial charge in [-0.2, -0.15) is 0 Å². The van der Waals surface area contributed by atoms with Gasteiger partial charge in [0, 0.05) is 35.2 Å². The number of hydrogen-bond donors (Lipinski definition) is 3. The van der Waals surface area contributed by atoms with E-state index in [-0.39, 0.29) is 24.5 Å². The highest BCUT2D eigenvalue weighted by Gasteiger charge is 2.43. The second kappa shape index (κ2) is 8.16. The van der Waals surface area contributed by atoms with E-state index in [9.17, 15) is 9.90 Å². The van der Waals surface area contributed by atoms with E-state index in [1.54, 1.807) is 13.3 Å². The fourth-order valence-electron chi connectivity index (χ4n) is 3.54. The van der Waals surface area contributed by atoms with Crippen LogP contribution in [0.4, 0.5) is 0 Å². The Morgan fingerprint density at radius 2 is 2.00 bits per heavy atom. The number of H-pyrrole nitrogens is 1. The van der Waals surface area contributed by atoms with Crippen LogP contribution in [0.3, 0.4) is 0 Å². The second-order valence-electron chi connectivity index (χ2n) is 7.37. The first kappa shape index (κ1) is 19.9. The van der Waals surface area contributed by atoms with Crippen molar-refractivity contribution < 1.29 is 19.5 Å². The summed E-state index contributed by atoms with van der Waals surface area (Å²) in [6, 6.07) is 11.8. The number of amides is 1. The molecular formula is C22H23ClN2O4. The molecule has 1 saturated carbocycles. The molecule has 6 nitrogen and oxygen atoms in total. The molecule has 3 aromatic rings. The predicted octanol–water partition coefficient (Wildman–Crippen LogP) is 3.82. The summed E-state index contributed by atoms with van der Waals surface area (Å²) in [6.07, 6.45) is 3.68. The average molecular weight is 415 g/mol. The molecule has 0 saturated heterocycles. The second-order valence-corrected chi connectivity index (χ2v) is 7.78. The Morgan fingerprint density at radius 3 is 2.66 bits per heavy atom. The zero-order valence-electron chi connectivity index (χ0n) is 16.1. The molecule has 4 rings (SSSR count). The third-order valence-corrected chi connectivity index (χ3v) is 5.85. The van der Waals surface area contributed by atoms with E-state index < -0.39 is 0 Å². The molecule has 0 aliphatic heterocycles. The molecule has 0 unspecified atom stereocenters. The molecule has 0 bridgehead atoms. The van der Waals surface area contributed by atoms with Crippen LogP contribution in [0.1, 0.15) is 28.8 Å². The number of rotatable bonds is 8. The number of aliphatic hydroxyl groups is 1. The van der Waals surface area contributed by atoms with E-state index in [2.05, 4.69) is 10.5 Å². The Hall–Kier alpha value is -2.38. The van der Waals surface area contributed by atoms with Crippen LogP contribution in [0.2, 0.25) is 5.02 Å². The van der Waals surface area contributed by atoms with Gasteiger partial charge in [-0.1, -0.05) is 35.9 Å². The largest absolute Gasteiger partial charge is 0.395 e. The Balaban J connectivity index is 1.61. The first-order valence-corrected chi connectivity index (χ1v) is 9.89. The minimum Gasteiger partial charge on any atom is -0.395 e. The van der Waals surface area contributed by atoms with E-state index in [0.29, 0.717) is 17.2 Å². The number of aromatic amines is 1. The molecule has 2 aromatic carbocycles. The molecule has 0 radical (unpaired) electrons. The molecule has 1 amide bonds. The lowest BCUT2D eigenvalue weighted by molar-refractivity contribution is 0.00899. The molecule has 29 heavy (non-hydrogen) atoms.